The van der Waals surface area contributed by atoms with Crippen LogP contribution in [0.4, 0.5) is 0 Å². The van der Waals surface area contributed by atoms with E-state index >= 15 is 0 Å². The predicted octanol–water partition coefficient (Wildman–Crippen LogP) is 0.914. The minimum absolute atomic E-state index is 0. The highest BCUT2D eigenvalue weighted by Crippen LogP contribution is 2.28. The fourth-order valence-corrected chi connectivity index (χ4v) is 0.380. The summed E-state index contributed by atoms with van der Waals surface area (Å²) in [6.07, 6.45) is 0.192. The van der Waals surface area contributed by atoms with Crippen molar-refractivity contribution in [1.82, 2.24) is 0 Å². The summed E-state index contributed by atoms with van der Waals surface area (Å²) in [5.74, 6) is 0. The van der Waals surface area contributed by atoms with Crippen molar-refractivity contribution in [3.05, 3.63) is 0 Å². The molecule has 0 spiro atoms. The summed E-state index contributed by atoms with van der Waals surface area (Å²) in [4.78, 5) is 0. The molecule has 0 saturated heterocycles. The van der Waals surface area contributed by atoms with E-state index in [-0.39, 0.29) is 18.5 Å². The molecule has 5 heteroatoms. The van der Waals surface area contributed by atoms with Crippen LogP contribution in [0.15, 0.2) is 0 Å². The van der Waals surface area contributed by atoms with Gasteiger partial charge in [0.25, 0.3) is 0 Å². The van der Waals surface area contributed by atoms with Gasteiger partial charge in [-0.2, -0.15) is 0 Å². The normalized spacial score (nSPS) is 10.5. The molecule has 0 bridgehead atoms. The summed E-state index contributed by atoms with van der Waals surface area (Å²) in [6, 6.07) is 0. The lowest BCUT2D eigenvalue weighted by Crippen LogP contribution is -2.03. The molecule has 0 aliphatic rings. The van der Waals surface area contributed by atoms with E-state index in [9.17, 15) is 0 Å². The van der Waals surface area contributed by atoms with Gasteiger partial charge in [-0.3, -0.25) is 0 Å². The van der Waals surface area contributed by atoms with Crippen molar-refractivity contribution >= 4 is 34.8 Å². The number of aliphatic hydroxyl groups excluding tert-OH is 1. The number of rotatable bonds is 1. The average Bonchev–Trinajstić information content (AvgIpc) is 1.30. The SMILES string of the molecule is O.OCCC(Cl)(Cl)Cl. The third kappa shape index (κ3) is 9.92. The van der Waals surface area contributed by atoms with Crippen LogP contribution in [0.1, 0.15) is 6.42 Å². The Hall–Kier alpha value is 0.790. The van der Waals surface area contributed by atoms with Gasteiger partial charge in [0.2, 0.25) is 0 Å². The van der Waals surface area contributed by atoms with E-state index in [1.54, 1.807) is 0 Å². The molecule has 52 valence electrons. The van der Waals surface area contributed by atoms with E-state index < -0.39 is 3.79 Å². The lowest BCUT2D eigenvalue weighted by atomic mass is 10.5. The zero-order valence-corrected chi connectivity index (χ0v) is 6.26. The Balaban J connectivity index is 0. The number of halogens is 3. The van der Waals surface area contributed by atoms with Crippen LogP contribution in [0.2, 0.25) is 0 Å². The van der Waals surface area contributed by atoms with Crippen molar-refractivity contribution in [2.24, 2.45) is 0 Å². The first kappa shape index (κ1) is 11.6. The lowest BCUT2D eigenvalue weighted by Gasteiger charge is -2.05. The van der Waals surface area contributed by atoms with Crippen molar-refractivity contribution in [2.75, 3.05) is 6.61 Å². The van der Waals surface area contributed by atoms with Gasteiger partial charge in [-0.15, -0.1) is 0 Å². The highest BCUT2D eigenvalue weighted by atomic mass is 35.6. The van der Waals surface area contributed by atoms with Crippen LogP contribution in [-0.2, 0) is 0 Å². The zero-order valence-electron chi connectivity index (χ0n) is 4.00. The highest BCUT2D eigenvalue weighted by molar-refractivity contribution is 6.67. The fraction of sp³-hybridized carbons (Fsp3) is 1.00. The van der Waals surface area contributed by atoms with E-state index in [4.69, 9.17) is 39.9 Å². The van der Waals surface area contributed by atoms with Crippen molar-refractivity contribution in [3.8, 4) is 0 Å². The summed E-state index contributed by atoms with van der Waals surface area (Å²) in [7, 11) is 0. The van der Waals surface area contributed by atoms with Crippen molar-refractivity contribution in [1.29, 1.82) is 0 Å². The second kappa shape index (κ2) is 4.65. The maximum absolute atomic E-state index is 8.15. The monoisotopic (exact) mass is 180 g/mol. The van der Waals surface area contributed by atoms with Crippen molar-refractivity contribution < 1.29 is 10.6 Å². The van der Waals surface area contributed by atoms with E-state index in [2.05, 4.69) is 0 Å². The van der Waals surface area contributed by atoms with Gasteiger partial charge in [-0.25, -0.2) is 0 Å². The number of hydrogen-bond donors (Lipinski definition) is 1. The Morgan fingerprint density at radius 1 is 1.25 bits per heavy atom. The van der Waals surface area contributed by atoms with Crippen LogP contribution in [0.25, 0.3) is 0 Å². The Morgan fingerprint density at radius 2 is 1.62 bits per heavy atom. The van der Waals surface area contributed by atoms with Crippen molar-refractivity contribution in [2.45, 2.75) is 10.2 Å². The van der Waals surface area contributed by atoms with Gasteiger partial charge in [0.05, 0.1) is 0 Å². The van der Waals surface area contributed by atoms with E-state index in [0.29, 0.717) is 0 Å². The molecule has 0 aliphatic heterocycles. The molecule has 0 saturated carbocycles. The van der Waals surface area contributed by atoms with Gasteiger partial charge >= 0.3 is 0 Å². The molecule has 0 unspecified atom stereocenters. The van der Waals surface area contributed by atoms with Crippen LogP contribution >= 0.6 is 34.8 Å². The molecular formula is C3H7Cl3O2. The van der Waals surface area contributed by atoms with Crippen LogP contribution < -0.4 is 0 Å². The molecule has 0 radical (unpaired) electrons. The average molecular weight is 181 g/mol. The Bertz CT molecular complexity index is 51.0. The standard InChI is InChI=1S/C3H5Cl3O.H2O/c4-3(5,6)1-2-7;/h7H,1-2H2;1H2. The largest absolute Gasteiger partial charge is 0.412 e. The predicted molar refractivity (Wildman–Crippen MR) is 35.6 cm³/mol. The smallest absolute Gasteiger partial charge is 0.192 e. The quantitative estimate of drug-likeness (QED) is 0.601. The molecule has 0 atom stereocenters. The van der Waals surface area contributed by atoms with Crippen LogP contribution in [-0.4, -0.2) is 21.0 Å². The van der Waals surface area contributed by atoms with E-state index in [1.165, 1.54) is 0 Å². The summed E-state index contributed by atoms with van der Waals surface area (Å²) < 4.78 is -1.28. The number of hydrogen-bond acceptors (Lipinski definition) is 1. The second-order valence-electron chi connectivity index (χ2n) is 1.09. The topological polar surface area (TPSA) is 51.7 Å². The van der Waals surface area contributed by atoms with Gasteiger partial charge < -0.3 is 10.6 Å². The lowest BCUT2D eigenvalue weighted by molar-refractivity contribution is 0.290. The third-order valence-corrected chi connectivity index (χ3v) is 0.962. The van der Waals surface area contributed by atoms with Gasteiger partial charge in [0.1, 0.15) is 0 Å². The summed E-state index contributed by atoms with van der Waals surface area (Å²) in [5.41, 5.74) is 0. The summed E-state index contributed by atoms with van der Waals surface area (Å²) in [5, 5.41) is 8.15. The molecule has 0 amide bonds. The summed E-state index contributed by atoms with van der Waals surface area (Å²) >= 11 is 15.6. The third-order valence-electron chi connectivity index (χ3n) is 0.395. The second-order valence-corrected chi connectivity index (χ2v) is 3.60. The Labute approximate surface area is 62.7 Å². The number of aliphatic hydroxyl groups is 1. The van der Waals surface area contributed by atoms with Gasteiger partial charge in [0.15, 0.2) is 3.79 Å². The molecule has 2 nitrogen and oxygen atoms in total. The van der Waals surface area contributed by atoms with Crippen LogP contribution in [0.3, 0.4) is 0 Å². The Morgan fingerprint density at radius 3 is 1.62 bits per heavy atom. The van der Waals surface area contributed by atoms with Crippen LogP contribution in [0.5, 0.6) is 0 Å². The molecule has 3 N–H and O–H groups in total. The first-order valence-electron chi connectivity index (χ1n) is 1.74. The fourth-order valence-electron chi connectivity index (χ4n) is 0.127. The summed E-state index contributed by atoms with van der Waals surface area (Å²) in [6.45, 7) is -0.0868. The van der Waals surface area contributed by atoms with Gasteiger partial charge in [-0.1, -0.05) is 34.8 Å². The highest BCUT2D eigenvalue weighted by Gasteiger charge is 2.17. The molecule has 8 heavy (non-hydrogen) atoms. The first-order valence-corrected chi connectivity index (χ1v) is 2.87. The first-order chi connectivity index (χ1) is 3.06. The minimum Gasteiger partial charge on any atom is -0.412 e. The molecule has 0 aromatic rings. The molecule has 0 aromatic carbocycles. The molecular weight excluding hydrogens is 174 g/mol. The van der Waals surface area contributed by atoms with E-state index in [0.717, 1.165) is 0 Å². The molecule has 0 heterocycles. The molecule has 0 aliphatic carbocycles. The molecule has 0 fully saturated rings. The van der Waals surface area contributed by atoms with Crippen molar-refractivity contribution in [3.63, 3.8) is 0 Å². The maximum atomic E-state index is 8.15. The maximum Gasteiger partial charge on any atom is 0.192 e. The van der Waals surface area contributed by atoms with E-state index in [1.807, 2.05) is 0 Å². The number of alkyl halides is 3. The minimum atomic E-state index is -1.28. The molecule has 0 rings (SSSR count). The zero-order chi connectivity index (χ0) is 5.91. The Kier molecular flexibility index (Phi) is 6.72. The van der Waals surface area contributed by atoms with Crippen LogP contribution in [0, 0.1) is 0 Å². The molecule has 0 aromatic heterocycles. The van der Waals surface area contributed by atoms with Gasteiger partial charge in [-0.05, 0) is 0 Å². The van der Waals surface area contributed by atoms with Gasteiger partial charge in [0, 0.05) is 13.0 Å².